The van der Waals surface area contributed by atoms with Gasteiger partial charge in [-0.05, 0) is 44.0 Å². The summed E-state index contributed by atoms with van der Waals surface area (Å²) in [5, 5.41) is 0. The summed E-state index contributed by atoms with van der Waals surface area (Å²) in [5.41, 5.74) is 7.30. The van der Waals surface area contributed by atoms with Crippen LogP contribution in [-0.4, -0.2) is 25.5 Å². The molecule has 0 aliphatic heterocycles. The van der Waals surface area contributed by atoms with Crippen LogP contribution in [0.4, 0.5) is 0 Å². The fourth-order valence-electron chi connectivity index (χ4n) is 1.93. The largest absolute Gasteiger partial charge is 0.461 e. The van der Waals surface area contributed by atoms with E-state index in [4.69, 9.17) is 15.0 Å². The molecule has 3 N–H and O–H groups in total. The monoisotopic (exact) mass is 379 g/mol. The summed E-state index contributed by atoms with van der Waals surface area (Å²) in [4.78, 5) is 11.2. The zero-order valence-corrected chi connectivity index (χ0v) is 15.6. The van der Waals surface area contributed by atoms with Crippen LogP contribution in [0.2, 0.25) is 0 Å². The van der Waals surface area contributed by atoms with Crippen LogP contribution in [0, 0.1) is 6.92 Å². The highest BCUT2D eigenvalue weighted by atomic mass is 32.2. The topological polar surface area (TPSA) is 107 Å². The number of hydrogen-bond acceptors (Lipinski definition) is 5. The number of nitrogens with two attached hydrogens (primary N) is 1. The van der Waals surface area contributed by atoms with Gasteiger partial charge in [-0.2, -0.15) is 8.42 Å². The second kappa shape index (κ2) is 11.4. The summed E-state index contributed by atoms with van der Waals surface area (Å²) in [6.45, 7) is 2.84. The predicted octanol–water partition coefficient (Wildman–Crippen LogP) is 3.10. The van der Waals surface area contributed by atoms with Gasteiger partial charge in [0.25, 0.3) is 10.1 Å². The maximum atomic E-state index is 11.2. The number of unbranched alkanes of at least 4 members (excludes halogenated alkanes) is 1. The normalized spacial score (nSPS) is 10.6. The molecule has 2 aromatic carbocycles. The molecule has 0 heterocycles. The molecular formula is C19H25NO5S. The van der Waals surface area contributed by atoms with Crippen LogP contribution in [0.1, 0.15) is 30.4 Å². The van der Waals surface area contributed by atoms with Gasteiger partial charge in [-0.15, -0.1) is 0 Å². The van der Waals surface area contributed by atoms with E-state index in [0.717, 1.165) is 24.0 Å². The highest BCUT2D eigenvalue weighted by Gasteiger charge is 2.06. The molecule has 0 fully saturated rings. The van der Waals surface area contributed by atoms with Gasteiger partial charge in [-0.1, -0.05) is 48.0 Å². The molecule has 2 aromatic rings. The molecule has 0 aliphatic rings. The van der Waals surface area contributed by atoms with Crippen molar-refractivity contribution in [2.75, 3.05) is 6.54 Å². The Morgan fingerprint density at radius 3 is 2.19 bits per heavy atom. The third kappa shape index (κ3) is 9.31. The Hall–Kier alpha value is -2.22. The average molecular weight is 379 g/mol. The number of hydrogen-bond donors (Lipinski definition) is 2. The molecule has 142 valence electrons. The highest BCUT2D eigenvalue weighted by molar-refractivity contribution is 7.85. The smallest absolute Gasteiger partial charge is 0.306 e. The number of aryl methyl sites for hydroxylation is 1. The van der Waals surface area contributed by atoms with Crippen molar-refractivity contribution in [3.8, 4) is 0 Å². The molecule has 0 unspecified atom stereocenters. The van der Waals surface area contributed by atoms with E-state index in [1.165, 1.54) is 12.1 Å². The van der Waals surface area contributed by atoms with Crippen molar-refractivity contribution >= 4 is 16.1 Å². The van der Waals surface area contributed by atoms with E-state index < -0.39 is 10.1 Å². The van der Waals surface area contributed by atoms with Crippen molar-refractivity contribution in [3.63, 3.8) is 0 Å². The zero-order chi connectivity index (χ0) is 19.4. The van der Waals surface area contributed by atoms with E-state index in [1.54, 1.807) is 12.1 Å². The molecule has 0 amide bonds. The Bertz CT molecular complexity index is 758. The number of rotatable bonds is 7. The van der Waals surface area contributed by atoms with Crippen LogP contribution in [0.5, 0.6) is 0 Å². The molecule has 0 aromatic heterocycles. The van der Waals surface area contributed by atoms with Crippen LogP contribution < -0.4 is 5.73 Å². The van der Waals surface area contributed by atoms with Crippen molar-refractivity contribution < 1.29 is 22.5 Å². The number of benzene rings is 2. The molecule has 0 spiro atoms. The Morgan fingerprint density at radius 1 is 1.04 bits per heavy atom. The van der Waals surface area contributed by atoms with E-state index in [9.17, 15) is 13.2 Å². The van der Waals surface area contributed by atoms with E-state index in [2.05, 4.69) is 0 Å². The Labute approximate surface area is 154 Å². The lowest BCUT2D eigenvalue weighted by Crippen LogP contribution is -2.06. The quantitative estimate of drug-likeness (QED) is 0.435. The first-order chi connectivity index (χ1) is 12.3. The maximum absolute atomic E-state index is 11.2. The second-order valence-corrected chi connectivity index (χ2v) is 7.10. The van der Waals surface area contributed by atoms with E-state index in [1.807, 2.05) is 37.3 Å². The molecule has 0 aliphatic carbocycles. The third-order valence-electron chi connectivity index (χ3n) is 3.40. The molecule has 0 bridgehead atoms. The predicted molar refractivity (Wildman–Crippen MR) is 100 cm³/mol. The van der Waals surface area contributed by atoms with Crippen LogP contribution in [-0.2, 0) is 26.3 Å². The van der Waals surface area contributed by atoms with Gasteiger partial charge in [0.05, 0.1) is 4.90 Å². The zero-order valence-electron chi connectivity index (χ0n) is 14.8. The van der Waals surface area contributed by atoms with E-state index >= 15 is 0 Å². The lowest BCUT2D eigenvalue weighted by Gasteiger charge is -2.04. The van der Waals surface area contributed by atoms with Crippen LogP contribution in [0.25, 0.3) is 0 Å². The average Bonchev–Trinajstić information content (AvgIpc) is 2.61. The van der Waals surface area contributed by atoms with Crippen molar-refractivity contribution in [2.45, 2.75) is 37.7 Å². The molecule has 2 rings (SSSR count). The van der Waals surface area contributed by atoms with Gasteiger partial charge < -0.3 is 10.5 Å². The molecule has 0 atom stereocenters. The fraction of sp³-hybridized carbons (Fsp3) is 0.316. The van der Waals surface area contributed by atoms with Gasteiger partial charge >= 0.3 is 5.97 Å². The first-order valence-corrected chi connectivity index (χ1v) is 9.70. The summed E-state index contributed by atoms with van der Waals surface area (Å²) in [5.74, 6) is -0.146. The van der Waals surface area contributed by atoms with Crippen molar-refractivity contribution in [2.24, 2.45) is 5.73 Å². The SMILES string of the molecule is Cc1ccc(S(=O)(=O)O)cc1.NCCCCC(=O)OCc1ccccc1. The first-order valence-electron chi connectivity index (χ1n) is 8.26. The van der Waals surface area contributed by atoms with Gasteiger partial charge in [0, 0.05) is 6.42 Å². The van der Waals surface area contributed by atoms with Crippen LogP contribution in [0.3, 0.4) is 0 Å². The Kier molecular flexibility index (Phi) is 9.57. The molecule has 6 nitrogen and oxygen atoms in total. The molecule has 0 radical (unpaired) electrons. The summed E-state index contributed by atoms with van der Waals surface area (Å²) in [6, 6.07) is 15.7. The fourth-order valence-corrected chi connectivity index (χ4v) is 2.41. The van der Waals surface area contributed by atoms with Gasteiger partial charge in [0.1, 0.15) is 6.61 Å². The van der Waals surface area contributed by atoms with E-state index in [0.29, 0.717) is 19.6 Å². The minimum atomic E-state index is -4.02. The van der Waals surface area contributed by atoms with Crippen LogP contribution in [0.15, 0.2) is 59.5 Å². The van der Waals surface area contributed by atoms with Crippen molar-refractivity contribution in [3.05, 3.63) is 65.7 Å². The van der Waals surface area contributed by atoms with E-state index in [-0.39, 0.29) is 10.9 Å². The number of carbonyl (C=O) groups excluding carboxylic acids is 1. The number of ether oxygens (including phenoxy) is 1. The first kappa shape index (κ1) is 21.8. The Balaban J connectivity index is 0.000000273. The molecule has 26 heavy (non-hydrogen) atoms. The van der Waals surface area contributed by atoms with Gasteiger partial charge in [-0.3, -0.25) is 9.35 Å². The Morgan fingerprint density at radius 2 is 1.65 bits per heavy atom. The van der Waals surface area contributed by atoms with Gasteiger partial charge in [0.2, 0.25) is 0 Å². The van der Waals surface area contributed by atoms with Crippen molar-refractivity contribution in [1.29, 1.82) is 0 Å². The molecule has 0 saturated heterocycles. The summed E-state index contributed by atoms with van der Waals surface area (Å²) >= 11 is 0. The van der Waals surface area contributed by atoms with Gasteiger partial charge in [0.15, 0.2) is 0 Å². The minimum Gasteiger partial charge on any atom is -0.461 e. The highest BCUT2D eigenvalue weighted by Crippen LogP contribution is 2.08. The number of carbonyl (C=O) groups is 1. The second-order valence-electron chi connectivity index (χ2n) is 5.68. The summed E-state index contributed by atoms with van der Waals surface area (Å²) in [7, 11) is -4.02. The summed E-state index contributed by atoms with van der Waals surface area (Å²) in [6.07, 6.45) is 2.15. The summed E-state index contributed by atoms with van der Waals surface area (Å²) < 4.78 is 34.6. The lowest BCUT2D eigenvalue weighted by molar-refractivity contribution is -0.145. The molecular weight excluding hydrogens is 354 g/mol. The standard InChI is InChI=1S/C12H17NO2.C7H8O3S/c13-9-5-4-8-12(14)15-10-11-6-2-1-3-7-11;1-6-2-4-7(5-3-6)11(8,9)10/h1-3,6-7H,4-5,8-10,13H2;2-5H,1H3,(H,8,9,10). The minimum absolute atomic E-state index is 0.0666. The number of esters is 1. The van der Waals surface area contributed by atoms with Crippen LogP contribution >= 0.6 is 0 Å². The lowest BCUT2D eigenvalue weighted by atomic mass is 10.2. The van der Waals surface area contributed by atoms with Crippen molar-refractivity contribution in [1.82, 2.24) is 0 Å². The maximum Gasteiger partial charge on any atom is 0.306 e. The molecule has 0 saturated carbocycles. The third-order valence-corrected chi connectivity index (χ3v) is 4.26. The molecule has 7 heteroatoms. The van der Waals surface area contributed by atoms with Gasteiger partial charge in [-0.25, -0.2) is 0 Å².